The van der Waals surface area contributed by atoms with Gasteiger partial charge in [0.2, 0.25) is 0 Å². The predicted octanol–water partition coefficient (Wildman–Crippen LogP) is 3.52. The van der Waals surface area contributed by atoms with Crippen molar-refractivity contribution in [1.29, 1.82) is 0 Å². The van der Waals surface area contributed by atoms with Crippen molar-refractivity contribution in [1.82, 2.24) is 5.32 Å². The van der Waals surface area contributed by atoms with E-state index < -0.39 is 0 Å². The van der Waals surface area contributed by atoms with Crippen LogP contribution in [0.3, 0.4) is 0 Å². The lowest BCUT2D eigenvalue weighted by Crippen LogP contribution is -2.35. The van der Waals surface area contributed by atoms with Gasteiger partial charge in [-0.15, -0.1) is 0 Å². The van der Waals surface area contributed by atoms with Crippen molar-refractivity contribution in [2.45, 2.75) is 52.1 Å². The third-order valence-electron chi connectivity index (χ3n) is 3.68. The second kappa shape index (κ2) is 5.09. The molecule has 1 N–H and O–H groups in total. The molecule has 0 radical (unpaired) electrons. The molecule has 1 fully saturated rings. The van der Waals surface area contributed by atoms with Crippen LogP contribution in [-0.2, 0) is 0 Å². The van der Waals surface area contributed by atoms with Crippen molar-refractivity contribution in [2.75, 3.05) is 7.11 Å². The topological polar surface area (TPSA) is 21.3 Å². The lowest BCUT2D eigenvalue weighted by Gasteiger charge is -2.31. The van der Waals surface area contributed by atoms with Crippen LogP contribution in [0.4, 0.5) is 0 Å². The number of nitrogens with one attached hydrogen (secondary N) is 1. The van der Waals surface area contributed by atoms with Gasteiger partial charge in [0.25, 0.3) is 0 Å². The summed E-state index contributed by atoms with van der Waals surface area (Å²) in [6, 6.07) is 5.45. The van der Waals surface area contributed by atoms with Crippen molar-refractivity contribution in [3.63, 3.8) is 0 Å². The largest absolute Gasteiger partial charge is 0.496 e. The van der Waals surface area contributed by atoms with Gasteiger partial charge in [-0.1, -0.05) is 12.5 Å². The minimum atomic E-state index is 0.453. The van der Waals surface area contributed by atoms with Crippen LogP contribution in [0.25, 0.3) is 0 Å². The van der Waals surface area contributed by atoms with E-state index in [9.17, 15) is 0 Å². The first-order valence-electron chi connectivity index (χ1n) is 6.53. The van der Waals surface area contributed by atoms with Gasteiger partial charge in [0.05, 0.1) is 7.11 Å². The molecule has 0 saturated carbocycles. The van der Waals surface area contributed by atoms with Crippen molar-refractivity contribution in [2.24, 2.45) is 0 Å². The first kappa shape index (κ1) is 12.4. The van der Waals surface area contributed by atoms with E-state index in [2.05, 4.69) is 38.2 Å². The third-order valence-corrected chi connectivity index (χ3v) is 3.68. The van der Waals surface area contributed by atoms with Gasteiger partial charge in [0.15, 0.2) is 0 Å². The molecule has 1 saturated heterocycles. The van der Waals surface area contributed by atoms with Gasteiger partial charge >= 0.3 is 0 Å². The van der Waals surface area contributed by atoms with E-state index in [0.717, 1.165) is 5.75 Å². The van der Waals surface area contributed by atoms with E-state index in [-0.39, 0.29) is 0 Å². The fraction of sp³-hybridized carbons (Fsp3) is 0.600. The molecule has 2 unspecified atom stereocenters. The Morgan fingerprint density at radius 1 is 1.24 bits per heavy atom. The number of hydrogen-bond acceptors (Lipinski definition) is 2. The zero-order chi connectivity index (χ0) is 12.4. The highest BCUT2D eigenvalue weighted by atomic mass is 16.5. The lowest BCUT2D eigenvalue weighted by molar-refractivity contribution is 0.327. The Bertz CT molecular complexity index is 400. The first-order chi connectivity index (χ1) is 8.11. The molecule has 2 rings (SSSR count). The zero-order valence-corrected chi connectivity index (χ0v) is 11.3. The number of hydrogen-bond donors (Lipinski definition) is 1. The smallest absolute Gasteiger partial charge is 0.124 e. The van der Waals surface area contributed by atoms with Crippen LogP contribution in [0.15, 0.2) is 12.1 Å². The summed E-state index contributed by atoms with van der Waals surface area (Å²) in [5.74, 6) is 1.04. The highest BCUT2D eigenvalue weighted by Crippen LogP contribution is 2.35. The maximum Gasteiger partial charge on any atom is 0.124 e. The molecule has 0 spiro atoms. The molecule has 1 heterocycles. The van der Waals surface area contributed by atoms with E-state index in [1.165, 1.54) is 36.0 Å². The molecule has 0 amide bonds. The summed E-state index contributed by atoms with van der Waals surface area (Å²) in [6.07, 6.45) is 3.80. The molecular weight excluding hydrogens is 210 g/mol. The number of benzene rings is 1. The van der Waals surface area contributed by atoms with Crippen LogP contribution >= 0.6 is 0 Å². The van der Waals surface area contributed by atoms with Gasteiger partial charge in [-0.25, -0.2) is 0 Å². The molecule has 17 heavy (non-hydrogen) atoms. The molecule has 94 valence electrons. The van der Waals surface area contributed by atoms with Gasteiger partial charge in [-0.05, 0) is 50.8 Å². The van der Waals surface area contributed by atoms with E-state index in [0.29, 0.717) is 12.1 Å². The molecule has 0 bridgehead atoms. The van der Waals surface area contributed by atoms with Crippen LogP contribution in [-0.4, -0.2) is 13.2 Å². The van der Waals surface area contributed by atoms with E-state index in [4.69, 9.17) is 4.74 Å². The fourth-order valence-corrected chi connectivity index (χ4v) is 2.92. The van der Waals surface area contributed by atoms with Gasteiger partial charge < -0.3 is 10.1 Å². The second-order valence-electron chi connectivity index (χ2n) is 5.25. The number of rotatable bonds is 2. The Labute approximate surface area is 104 Å². The standard InChI is InChI=1S/C15H23NO/c1-10-8-11(2)15(14(9-10)17-4)13-7-5-6-12(3)16-13/h8-9,12-13,16H,5-7H2,1-4H3. The van der Waals surface area contributed by atoms with Crippen molar-refractivity contribution >= 4 is 0 Å². The minimum Gasteiger partial charge on any atom is -0.496 e. The summed E-state index contributed by atoms with van der Waals surface area (Å²) in [5.41, 5.74) is 3.96. The summed E-state index contributed by atoms with van der Waals surface area (Å²) in [4.78, 5) is 0. The van der Waals surface area contributed by atoms with Crippen molar-refractivity contribution in [3.05, 3.63) is 28.8 Å². The third kappa shape index (κ3) is 2.63. The Morgan fingerprint density at radius 3 is 2.65 bits per heavy atom. The summed E-state index contributed by atoms with van der Waals surface area (Å²) in [6.45, 7) is 6.57. The van der Waals surface area contributed by atoms with Crippen LogP contribution in [0.2, 0.25) is 0 Å². The summed E-state index contributed by atoms with van der Waals surface area (Å²) < 4.78 is 5.56. The number of piperidine rings is 1. The maximum absolute atomic E-state index is 5.56. The van der Waals surface area contributed by atoms with Crippen molar-refractivity contribution in [3.8, 4) is 5.75 Å². The molecule has 1 aliphatic heterocycles. The predicted molar refractivity (Wildman–Crippen MR) is 71.7 cm³/mol. The van der Waals surface area contributed by atoms with Crippen LogP contribution in [0.1, 0.15) is 48.9 Å². The van der Waals surface area contributed by atoms with Gasteiger partial charge in [0, 0.05) is 17.6 Å². The molecule has 1 aromatic carbocycles. The average Bonchev–Trinajstić information content (AvgIpc) is 2.27. The summed E-state index contributed by atoms with van der Waals surface area (Å²) in [5, 5.41) is 3.69. The lowest BCUT2D eigenvalue weighted by atomic mass is 9.90. The molecule has 1 aromatic rings. The Balaban J connectivity index is 2.36. The van der Waals surface area contributed by atoms with Gasteiger partial charge in [0.1, 0.15) is 5.75 Å². The molecule has 0 aliphatic carbocycles. The van der Waals surface area contributed by atoms with Gasteiger partial charge in [-0.2, -0.15) is 0 Å². The van der Waals surface area contributed by atoms with Gasteiger partial charge in [-0.3, -0.25) is 0 Å². The molecule has 2 atom stereocenters. The van der Waals surface area contributed by atoms with Crippen LogP contribution in [0.5, 0.6) is 5.75 Å². The van der Waals surface area contributed by atoms with E-state index >= 15 is 0 Å². The SMILES string of the molecule is COc1cc(C)cc(C)c1C1CCCC(C)N1. The Morgan fingerprint density at radius 2 is 2.00 bits per heavy atom. The normalized spacial score (nSPS) is 24.7. The van der Waals surface area contributed by atoms with Crippen LogP contribution < -0.4 is 10.1 Å². The average molecular weight is 233 g/mol. The first-order valence-corrected chi connectivity index (χ1v) is 6.53. The number of aryl methyl sites for hydroxylation is 2. The van der Waals surface area contributed by atoms with E-state index in [1.807, 2.05) is 0 Å². The highest BCUT2D eigenvalue weighted by Gasteiger charge is 2.23. The summed E-state index contributed by atoms with van der Waals surface area (Å²) >= 11 is 0. The monoisotopic (exact) mass is 233 g/mol. The number of methoxy groups -OCH3 is 1. The number of ether oxygens (including phenoxy) is 1. The summed E-state index contributed by atoms with van der Waals surface area (Å²) in [7, 11) is 1.77. The van der Waals surface area contributed by atoms with E-state index in [1.54, 1.807) is 7.11 Å². The maximum atomic E-state index is 5.56. The van der Waals surface area contributed by atoms with Crippen molar-refractivity contribution < 1.29 is 4.74 Å². The highest BCUT2D eigenvalue weighted by molar-refractivity contribution is 5.45. The molecule has 1 aliphatic rings. The molecular formula is C15H23NO. The fourth-order valence-electron chi connectivity index (χ4n) is 2.92. The Hall–Kier alpha value is -1.02. The Kier molecular flexibility index (Phi) is 3.72. The minimum absolute atomic E-state index is 0.453. The second-order valence-corrected chi connectivity index (χ2v) is 5.25. The van der Waals surface area contributed by atoms with Crippen LogP contribution in [0, 0.1) is 13.8 Å². The molecule has 0 aromatic heterocycles. The molecule has 2 heteroatoms. The zero-order valence-electron chi connectivity index (χ0n) is 11.3. The quantitative estimate of drug-likeness (QED) is 0.844. The molecule has 2 nitrogen and oxygen atoms in total.